The third-order valence-electron chi connectivity index (χ3n) is 4.14. The molecule has 3 rings (SSSR count). The lowest BCUT2D eigenvalue weighted by molar-refractivity contribution is -0.114. The van der Waals surface area contributed by atoms with Gasteiger partial charge < -0.3 is 20.7 Å². The Morgan fingerprint density at radius 2 is 2.00 bits per heavy atom. The number of fused-ring (bicyclic) bond motifs is 1. The van der Waals surface area contributed by atoms with Crippen LogP contribution in [0.3, 0.4) is 0 Å². The van der Waals surface area contributed by atoms with Gasteiger partial charge in [-0.15, -0.1) is 24.0 Å². The van der Waals surface area contributed by atoms with Crippen LogP contribution < -0.4 is 20.7 Å². The van der Waals surface area contributed by atoms with Gasteiger partial charge >= 0.3 is 0 Å². The smallest absolute Gasteiger partial charge is 0.221 e. The number of guanidine groups is 1. The lowest BCUT2D eigenvalue weighted by atomic mass is 10.1. The first-order valence-electron chi connectivity index (χ1n) is 8.69. The molecule has 3 N–H and O–H groups in total. The first-order valence-corrected chi connectivity index (χ1v) is 8.69. The molecule has 27 heavy (non-hydrogen) atoms. The molecule has 0 aliphatic carbocycles. The average Bonchev–Trinajstić information content (AvgIpc) is 3.04. The predicted molar refractivity (Wildman–Crippen MR) is 119 cm³/mol. The van der Waals surface area contributed by atoms with E-state index < -0.39 is 0 Å². The van der Waals surface area contributed by atoms with Crippen LogP contribution >= 0.6 is 24.0 Å². The van der Waals surface area contributed by atoms with Crippen LogP contribution in [0.1, 0.15) is 18.1 Å². The van der Waals surface area contributed by atoms with Crippen molar-refractivity contribution in [1.29, 1.82) is 0 Å². The maximum Gasteiger partial charge on any atom is 0.221 e. The zero-order chi connectivity index (χ0) is 18.4. The van der Waals surface area contributed by atoms with Gasteiger partial charge in [-0.05, 0) is 29.3 Å². The largest absolute Gasteiger partial charge is 0.488 e. The SMILES string of the molecule is CN=C(NCc1cccc(NC(C)=O)c1)NCC1Cc2ccccc2O1.I. The number of nitrogens with zero attached hydrogens (tertiary/aromatic N) is 1. The van der Waals surface area contributed by atoms with Gasteiger partial charge in [-0.1, -0.05) is 30.3 Å². The summed E-state index contributed by atoms with van der Waals surface area (Å²) in [5.74, 6) is 1.61. The number of hydrogen-bond donors (Lipinski definition) is 3. The Morgan fingerprint density at radius 1 is 1.19 bits per heavy atom. The van der Waals surface area contributed by atoms with Crippen molar-refractivity contribution in [3.05, 3.63) is 59.7 Å². The summed E-state index contributed by atoms with van der Waals surface area (Å²) >= 11 is 0. The summed E-state index contributed by atoms with van der Waals surface area (Å²) in [5.41, 5.74) is 3.10. The van der Waals surface area contributed by atoms with Gasteiger partial charge in [-0.3, -0.25) is 9.79 Å². The van der Waals surface area contributed by atoms with E-state index in [2.05, 4.69) is 27.0 Å². The van der Waals surface area contributed by atoms with Gasteiger partial charge in [0.2, 0.25) is 5.91 Å². The Labute approximate surface area is 176 Å². The van der Waals surface area contributed by atoms with E-state index >= 15 is 0 Å². The summed E-state index contributed by atoms with van der Waals surface area (Å²) in [5, 5.41) is 9.38. The van der Waals surface area contributed by atoms with Crippen molar-refractivity contribution in [2.75, 3.05) is 18.9 Å². The van der Waals surface area contributed by atoms with Crippen molar-refractivity contribution >= 4 is 41.5 Å². The fourth-order valence-corrected chi connectivity index (χ4v) is 2.95. The monoisotopic (exact) mass is 480 g/mol. The molecule has 0 aromatic heterocycles. The molecule has 1 heterocycles. The van der Waals surface area contributed by atoms with Crippen LogP contribution in [0.5, 0.6) is 5.75 Å². The normalized spacial score (nSPS) is 15.2. The molecule has 7 heteroatoms. The van der Waals surface area contributed by atoms with E-state index in [1.54, 1.807) is 7.05 Å². The molecule has 1 unspecified atom stereocenters. The Hall–Kier alpha value is -2.29. The molecule has 2 aromatic carbocycles. The van der Waals surface area contributed by atoms with Crippen LogP contribution in [0.15, 0.2) is 53.5 Å². The quantitative estimate of drug-likeness (QED) is 0.350. The summed E-state index contributed by atoms with van der Waals surface area (Å²) in [6.07, 6.45) is 1.01. The third kappa shape index (κ3) is 6.13. The summed E-state index contributed by atoms with van der Waals surface area (Å²) in [6.45, 7) is 2.79. The van der Waals surface area contributed by atoms with Crippen LogP contribution in [0.25, 0.3) is 0 Å². The number of carbonyl (C=O) groups is 1. The van der Waals surface area contributed by atoms with Gasteiger partial charge in [0.15, 0.2) is 5.96 Å². The molecule has 1 amide bonds. The van der Waals surface area contributed by atoms with E-state index in [-0.39, 0.29) is 36.0 Å². The summed E-state index contributed by atoms with van der Waals surface area (Å²) in [4.78, 5) is 15.4. The minimum Gasteiger partial charge on any atom is -0.488 e. The number of para-hydroxylation sites is 1. The van der Waals surface area contributed by atoms with Crippen molar-refractivity contribution < 1.29 is 9.53 Å². The molecule has 0 saturated carbocycles. The molecular weight excluding hydrogens is 455 g/mol. The lowest BCUT2D eigenvalue weighted by Crippen LogP contribution is -2.41. The van der Waals surface area contributed by atoms with Crippen molar-refractivity contribution in [3.8, 4) is 5.75 Å². The fourth-order valence-electron chi connectivity index (χ4n) is 2.95. The number of benzene rings is 2. The van der Waals surface area contributed by atoms with E-state index in [4.69, 9.17) is 4.74 Å². The topological polar surface area (TPSA) is 74.8 Å². The number of hydrogen-bond acceptors (Lipinski definition) is 3. The Kier molecular flexibility index (Phi) is 7.90. The Bertz CT molecular complexity index is 785. The minimum atomic E-state index is -0.0786. The van der Waals surface area contributed by atoms with Crippen LogP contribution in [-0.4, -0.2) is 31.6 Å². The zero-order valence-corrected chi connectivity index (χ0v) is 17.8. The maximum absolute atomic E-state index is 11.2. The number of aliphatic imine (C=N–C) groups is 1. The van der Waals surface area contributed by atoms with Crippen molar-refractivity contribution in [3.63, 3.8) is 0 Å². The van der Waals surface area contributed by atoms with E-state index in [9.17, 15) is 4.79 Å². The standard InChI is InChI=1S/C20H24N4O2.HI/c1-14(25)24-17-8-5-6-15(10-17)12-22-20(21-2)23-13-18-11-16-7-3-4-9-19(16)26-18;/h3-10,18H,11-13H2,1-2H3,(H,24,25)(H2,21,22,23);1H. The molecular formula is C20H25IN4O2. The van der Waals surface area contributed by atoms with E-state index in [1.165, 1.54) is 12.5 Å². The van der Waals surface area contributed by atoms with Gasteiger partial charge in [-0.2, -0.15) is 0 Å². The minimum absolute atomic E-state index is 0. The molecule has 0 fully saturated rings. The van der Waals surface area contributed by atoms with Crippen molar-refractivity contribution in [2.45, 2.75) is 26.0 Å². The highest BCUT2D eigenvalue weighted by molar-refractivity contribution is 14.0. The van der Waals surface area contributed by atoms with Crippen LogP contribution in [0.4, 0.5) is 5.69 Å². The molecule has 144 valence electrons. The Morgan fingerprint density at radius 3 is 2.74 bits per heavy atom. The van der Waals surface area contributed by atoms with E-state index in [1.807, 2.05) is 42.5 Å². The highest BCUT2D eigenvalue weighted by Gasteiger charge is 2.22. The number of ether oxygens (including phenoxy) is 1. The number of anilines is 1. The van der Waals surface area contributed by atoms with Crippen LogP contribution in [0.2, 0.25) is 0 Å². The van der Waals surface area contributed by atoms with Crippen LogP contribution in [0, 0.1) is 0 Å². The van der Waals surface area contributed by atoms with Crippen LogP contribution in [-0.2, 0) is 17.8 Å². The van der Waals surface area contributed by atoms with Crippen molar-refractivity contribution in [2.24, 2.45) is 4.99 Å². The predicted octanol–water partition coefficient (Wildman–Crippen LogP) is 2.93. The molecule has 0 saturated heterocycles. The number of amides is 1. The van der Waals surface area contributed by atoms with E-state index in [0.717, 1.165) is 29.4 Å². The summed E-state index contributed by atoms with van der Waals surface area (Å²) < 4.78 is 5.93. The average molecular weight is 480 g/mol. The second-order valence-corrected chi connectivity index (χ2v) is 6.24. The first-order chi connectivity index (χ1) is 12.6. The van der Waals surface area contributed by atoms with Crippen molar-refractivity contribution in [1.82, 2.24) is 10.6 Å². The van der Waals surface area contributed by atoms with Gasteiger partial charge in [0.1, 0.15) is 11.9 Å². The van der Waals surface area contributed by atoms with Gasteiger partial charge in [-0.25, -0.2) is 0 Å². The first kappa shape index (κ1) is 21.0. The molecule has 2 aromatic rings. The Balaban J connectivity index is 0.00000261. The number of halogens is 1. The summed E-state index contributed by atoms with van der Waals surface area (Å²) in [7, 11) is 1.74. The maximum atomic E-state index is 11.2. The number of rotatable bonds is 5. The second kappa shape index (κ2) is 10.1. The molecule has 0 radical (unpaired) electrons. The van der Waals surface area contributed by atoms with Gasteiger partial charge in [0.05, 0.1) is 6.54 Å². The zero-order valence-electron chi connectivity index (χ0n) is 15.5. The molecule has 0 bridgehead atoms. The molecule has 0 spiro atoms. The molecule has 1 atom stereocenters. The molecule has 6 nitrogen and oxygen atoms in total. The highest BCUT2D eigenvalue weighted by Crippen LogP contribution is 2.27. The van der Waals surface area contributed by atoms with Gasteiger partial charge in [0.25, 0.3) is 0 Å². The molecule has 1 aliphatic heterocycles. The molecule has 1 aliphatic rings. The third-order valence-corrected chi connectivity index (χ3v) is 4.14. The number of carbonyl (C=O) groups excluding carboxylic acids is 1. The second-order valence-electron chi connectivity index (χ2n) is 6.24. The summed E-state index contributed by atoms with van der Waals surface area (Å²) in [6, 6.07) is 15.9. The van der Waals surface area contributed by atoms with Gasteiger partial charge in [0, 0.05) is 32.6 Å². The fraction of sp³-hybridized carbons (Fsp3) is 0.300. The lowest BCUT2D eigenvalue weighted by Gasteiger charge is -2.16. The highest BCUT2D eigenvalue weighted by atomic mass is 127. The van der Waals surface area contributed by atoms with E-state index in [0.29, 0.717) is 13.1 Å². The number of nitrogens with one attached hydrogen (secondary N) is 3.